The van der Waals surface area contributed by atoms with Crippen LogP contribution < -0.4 is 9.47 Å². The zero-order chi connectivity index (χ0) is 26.3. The Kier molecular flexibility index (Phi) is 6.58. The van der Waals surface area contributed by atoms with Gasteiger partial charge < -0.3 is 9.47 Å². The van der Waals surface area contributed by atoms with Gasteiger partial charge in [-0.1, -0.05) is 24.3 Å². The molecule has 11 heteroatoms. The first-order chi connectivity index (χ1) is 16.9. The van der Waals surface area contributed by atoms with Crippen LogP contribution in [0.2, 0.25) is 0 Å². The number of rotatable bonds is 7. The lowest BCUT2D eigenvalue weighted by Gasteiger charge is -2.12. The molecule has 4 rings (SSSR count). The third-order valence-electron chi connectivity index (χ3n) is 5.46. The van der Waals surface area contributed by atoms with E-state index in [1.807, 2.05) is 6.07 Å². The van der Waals surface area contributed by atoms with Crippen molar-refractivity contribution in [1.82, 2.24) is 0 Å². The number of benzene rings is 4. The van der Waals surface area contributed by atoms with E-state index in [4.69, 9.17) is 9.47 Å². The van der Waals surface area contributed by atoms with Crippen LogP contribution in [0.4, 0.5) is 0 Å². The lowest BCUT2D eigenvalue weighted by molar-refractivity contribution is 0.103. The molecule has 0 aromatic heterocycles. The first-order valence-corrected chi connectivity index (χ1v) is 13.2. The summed E-state index contributed by atoms with van der Waals surface area (Å²) in [4.78, 5) is 11.9. The Bertz CT molecular complexity index is 1720. The van der Waals surface area contributed by atoms with Gasteiger partial charge >= 0.3 is 0 Å². The second-order valence-electron chi connectivity index (χ2n) is 7.90. The van der Waals surface area contributed by atoms with Gasteiger partial charge in [-0.25, -0.2) is 0 Å². The van der Waals surface area contributed by atoms with Gasteiger partial charge in [0.05, 0.1) is 12.0 Å². The van der Waals surface area contributed by atoms with Crippen molar-refractivity contribution < 1.29 is 40.2 Å². The summed E-state index contributed by atoms with van der Waals surface area (Å²) in [6.45, 7) is 1.45. The number of ether oxygens (including phenoxy) is 2. The zero-order valence-electron chi connectivity index (χ0n) is 19.0. The smallest absolute Gasteiger partial charge is 0.298 e. The van der Waals surface area contributed by atoms with Crippen LogP contribution in [-0.4, -0.2) is 38.8 Å². The molecule has 0 bridgehead atoms. The molecule has 4 aromatic rings. The summed E-state index contributed by atoms with van der Waals surface area (Å²) in [6, 6.07) is 17.6. The third kappa shape index (κ3) is 5.24. The van der Waals surface area contributed by atoms with Crippen molar-refractivity contribution >= 4 is 36.8 Å². The predicted molar refractivity (Wildman–Crippen MR) is 131 cm³/mol. The van der Waals surface area contributed by atoms with Crippen LogP contribution in [0.25, 0.3) is 10.8 Å². The number of hydrogen-bond acceptors (Lipinski definition) is 7. The Morgan fingerprint density at radius 3 is 1.86 bits per heavy atom. The maximum Gasteiger partial charge on any atom is 0.298 e. The minimum Gasteiger partial charge on any atom is -0.497 e. The molecule has 0 atom stereocenters. The van der Waals surface area contributed by atoms with Crippen molar-refractivity contribution in [2.75, 3.05) is 7.11 Å². The summed E-state index contributed by atoms with van der Waals surface area (Å²) in [6.07, 6.45) is 0. The summed E-state index contributed by atoms with van der Waals surface area (Å²) < 4.78 is 77.6. The van der Waals surface area contributed by atoms with Gasteiger partial charge in [0.2, 0.25) is 0 Å². The lowest BCUT2D eigenvalue weighted by atomic mass is 10.0. The van der Waals surface area contributed by atoms with Gasteiger partial charge in [0.15, 0.2) is 5.78 Å². The molecule has 0 spiro atoms. The molecule has 0 unspecified atom stereocenters. The van der Waals surface area contributed by atoms with Crippen LogP contribution in [0.1, 0.15) is 21.5 Å². The molecule has 0 aliphatic carbocycles. The largest absolute Gasteiger partial charge is 0.497 e. The lowest BCUT2D eigenvalue weighted by Crippen LogP contribution is -2.08. The first kappa shape index (κ1) is 25.3. The molecule has 4 aromatic carbocycles. The maximum atomic E-state index is 13.0. The third-order valence-corrected chi connectivity index (χ3v) is 7.33. The molecule has 2 N–H and O–H groups in total. The minimum atomic E-state index is -4.82. The zero-order valence-corrected chi connectivity index (χ0v) is 20.6. The van der Waals surface area contributed by atoms with E-state index >= 15 is 0 Å². The predicted octanol–water partition coefficient (Wildman–Crippen LogP) is 4.67. The molecule has 0 saturated heterocycles. The van der Waals surface area contributed by atoms with Gasteiger partial charge in [-0.15, -0.1) is 0 Å². The molecule has 36 heavy (non-hydrogen) atoms. The summed E-state index contributed by atoms with van der Waals surface area (Å²) in [5, 5.41) is 1.66. The van der Waals surface area contributed by atoms with E-state index in [0.29, 0.717) is 5.75 Å². The molecule has 0 aliphatic rings. The van der Waals surface area contributed by atoms with E-state index in [-0.39, 0.29) is 28.2 Å². The standard InChI is InChI=1S/C25H20O9S2/c1-15-3-4-17(13-23(15)35(27,28)29)25(26)18-7-10-22(24(14-18)36(30,31)32)34-21-9-6-16-5-8-20(33-2)11-19(16)12-21/h3-14H,1-2H3,(H,27,28,29)(H,30,31,32). The van der Waals surface area contributed by atoms with Gasteiger partial charge in [0.1, 0.15) is 22.1 Å². The fourth-order valence-electron chi connectivity index (χ4n) is 3.64. The van der Waals surface area contributed by atoms with Crippen LogP contribution in [0, 0.1) is 6.92 Å². The van der Waals surface area contributed by atoms with Crippen molar-refractivity contribution in [2.24, 2.45) is 0 Å². The molecular formula is C25H20O9S2. The van der Waals surface area contributed by atoms with Crippen molar-refractivity contribution in [3.63, 3.8) is 0 Å². The van der Waals surface area contributed by atoms with Crippen LogP contribution in [0.5, 0.6) is 17.2 Å². The highest BCUT2D eigenvalue weighted by Gasteiger charge is 2.22. The van der Waals surface area contributed by atoms with Crippen LogP contribution >= 0.6 is 0 Å². The highest BCUT2D eigenvalue weighted by atomic mass is 32.2. The Balaban J connectivity index is 1.74. The second kappa shape index (κ2) is 9.36. The minimum absolute atomic E-state index is 0.105. The molecule has 186 valence electrons. The number of carbonyl (C=O) groups is 1. The van der Waals surface area contributed by atoms with Crippen molar-refractivity contribution in [3.8, 4) is 17.2 Å². The molecule has 0 saturated carbocycles. The summed E-state index contributed by atoms with van der Waals surface area (Å²) in [5.41, 5.74) is -0.0283. The maximum absolute atomic E-state index is 13.0. The van der Waals surface area contributed by atoms with E-state index < -0.39 is 35.8 Å². The highest BCUT2D eigenvalue weighted by molar-refractivity contribution is 7.86. The average Bonchev–Trinajstić information content (AvgIpc) is 2.82. The van der Waals surface area contributed by atoms with Crippen molar-refractivity contribution in [3.05, 3.63) is 89.5 Å². The van der Waals surface area contributed by atoms with E-state index in [1.54, 1.807) is 30.3 Å². The van der Waals surface area contributed by atoms with Gasteiger partial charge in [-0.05, 0) is 71.8 Å². The van der Waals surface area contributed by atoms with Gasteiger partial charge in [0, 0.05) is 11.1 Å². The van der Waals surface area contributed by atoms with Crippen molar-refractivity contribution in [2.45, 2.75) is 16.7 Å². The summed E-state index contributed by atoms with van der Waals surface area (Å²) in [5.74, 6) is -0.0570. The number of ketones is 1. The Hall–Kier alpha value is -3.77. The van der Waals surface area contributed by atoms with Crippen molar-refractivity contribution in [1.29, 1.82) is 0 Å². The Morgan fingerprint density at radius 2 is 1.25 bits per heavy atom. The molecule has 9 nitrogen and oxygen atoms in total. The van der Waals surface area contributed by atoms with Crippen LogP contribution in [-0.2, 0) is 20.2 Å². The Labute approximate surface area is 207 Å². The monoisotopic (exact) mass is 528 g/mol. The first-order valence-electron chi connectivity index (χ1n) is 10.4. The van der Waals surface area contributed by atoms with Gasteiger partial charge in [-0.2, -0.15) is 16.8 Å². The van der Waals surface area contributed by atoms with Crippen LogP contribution in [0.15, 0.2) is 82.6 Å². The van der Waals surface area contributed by atoms with Crippen LogP contribution in [0.3, 0.4) is 0 Å². The summed E-state index contributed by atoms with van der Waals surface area (Å²) >= 11 is 0. The Morgan fingerprint density at radius 1 is 0.694 bits per heavy atom. The van der Waals surface area contributed by atoms with E-state index in [2.05, 4.69) is 0 Å². The fourth-order valence-corrected chi connectivity index (χ4v) is 5.03. The quantitative estimate of drug-likeness (QED) is 0.258. The molecular weight excluding hydrogens is 508 g/mol. The summed E-state index contributed by atoms with van der Waals surface area (Å²) in [7, 11) is -7.87. The van der Waals surface area contributed by atoms with E-state index in [1.165, 1.54) is 38.3 Å². The fraction of sp³-hybridized carbons (Fsp3) is 0.0800. The topological polar surface area (TPSA) is 144 Å². The number of fused-ring (bicyclic) bond motifs is 1. The molecule has 0 heterocycles. The van der Waals surface area contributed by atoms with Gasteiger partial charge in [-0.3, -0.25) is 13.9 Å². The number of methoxy groups -OCH3 is 1. The molecule has 0 amide bonds. The number of hydrogen-bond donors (Lipinski definition) is 2. The number of carbonyl (C=O) groups excluding carboxylic acids is 1. The SMILES string of the molecule is COc1ccc2ccc(Oc3ccc(C(=O)c4ccc(C)c(S(=O)(=O)O)c4)cc3S(=O)(=O)O)cc2c1. The van der Waals surface area contributed by atoms with E-state index in [0.717, 1.165) is 22.9 Å². The van der Waals surface area contributed by atoms with Gasteiger partial charge in [0.25, 0.3) is 20.2 Å². The molecule has 0 fully saturated rings. The average molecular weight is 529 g/mol. The normalized spacial score (nSPS) is 11.9. The second-order valence-corrected chi connectivity index (χ2v) is 10.7. The number of aryl methyl sites for hydroxylation is 1. The highest BCUT2D eigenvalue weighted by Crippen LogP contribution is 2.33. The van der Waals surface area contributed by atoms with E-state index in [9.17, 15) is 30.7 Å². The molecule has 0 radical (unpaired) electrons. The molecule has 0 aliphatic heterocycles.